The Morgan fingerprint density at radius 2 is 1.79 bits per heavy atom. The molecule has 0 saturated heterocycles. The van der Waals surface area contributed by atoms with E-state index in [1.54, 1.807) is 31.4 Å². The Morgan fingerprint density at radius 1 is 1.00 bits per heavy atom. The van der Waals surface area contributed by atoms with Crippen LogP contribution in [0.2, 0.25) is 0 Å². The lowest BCUT2D eigenvalue weighted by molar-refractivity contribution is 0.397. The molecule has 146 valence electrons. The largest absolute Gasteiger partial charge is 0.496 e. The molecule has 29 heavy (non-hydrogen) atoms. The van der Waals surface area contributed by atoms with Crippen molar-refractivity contribution in [2.45, 2.75) is 6.54 Å². The van der Waals surface area contributed by atoms with Gasteiger partial charge in [-0.2, -0.15) is 10.2 Å². The van der Waals surface area contributed by atoms with E-state index in [1.165, 1.54) is 6.33 Å². The van der Waals surface area contributed by atoms with Gasteiger partial charge in [-0.3, -0.25) is 0 Å². The van der Waals surface area contributed by atoms with Crippen molar-refractivity contribution in [3.05, 3.63) is 66.9 Å². The number of benzene rings is 2. The summed E-state index contributed by atoms with van der Waals surface area (Å²) in [5.74, 6) is 1.68. The molecule has 1 N–H and O–H groups in total. The van der Waals surface area contributed by atoms with Gasteiger partial charge in [0.15, 0.2) is 0 Å². The summed E-state index contributed by atoms with van der Waals surface area (Å²) >= 11 is 0. The SMILES string of the molecule is COc1cccc(OC)c1-c1cnnc(NCc2ccccc2-n2cncn2)n1. The summed E-state index contributed by atoms with van der Waals surface area (Å²) in [6, 6.07) is 13.4. The van der Waals surface area contributed by atoms with Crippen molar-refractivity contribution >= 4 is 5.95 Å². The van der Waals surface area contributed by atoms with Crippen molar-refractivity contribution in [1.29, 1.82) is 0 Å². The van der Waals surface area contributed by atoms with Crippen LogP contribution in [-0.2, 0) is 6.54 Å². The quantitative estimate of drug-likeness (QED) is 0.515. The van der Waals surface area contributed by atoms with Gasteiger partial charge in [0.05, 0.1) is 31.7 Å². The smallest absolute Gasteiger partial charge is 0.243 e. The average molecular weight is 389 g/mol. The number of hydrogen-bond acceptors (Lipinski definition) is 8. The van der Waals surface area contributed by atoms with E-state index in [-0.39, 0.29) is 0 Å². The van der Waals surface area contributed by atoms with Crippen LogP contribution in [0.5, 0.6) is 11.5 Å². The lowest BCUT2D eigenvalue weighted by atomic mass is 10.1. The third kappa shape index (κ3) is 3.84. The maximum absolute atomic E-state index is 5.46. The highest BCUT2D eigenvalue weighted by molar-refractivity contribution is 5.74. The predicted octanol–water partition coefficient (Wildman–Crippen LogP) is 2.75. The van der Waals surface area contributed by atoms with Crippen LogP contribution in [0.25, 0.3) is 16.9 Å². The van der Waals surface area contributed by atoms with E-state index in [0.29, 0.717) is 29.7 Å². The minimum absolute atomic E-state index is 0.392. The summed E-state index contributed by atoms with van der Waals surface area (Å²) < 4.78 is 12.6. The zero-order valence-corrected chi connectivity index (χ0v) is 16.0. The van der Waals surface area contributed by atoms with Crippen molar-refractivity contribution in [3.63, 3.8) is 0 Å². The second-order valence-corrected chi connectivity index (χ2v) is 6.03. The number of methoxy groups -OCH3 is 2. The highest BCUT2D eigenvalue weighted by atomic mass is 16.5. The first-order chi connectivity index (χ1) is 14.3. The average Bonchev–Trinajstić information content (AvgIpc) is 3.32. The van der Waals surface area contributed by atoms with Crippen molar-refractivity contribution in [2.75, 3.05) is 19.5 Å². The van der Waals surface area contributed by atoms with Crippen LogP contribution in [0.15, 0.2) is 61.3 Å². The highest BCUT2D eigenvalue weighted by Crippen LogP contribution is 2.36. The van der Waals surface area contributed by atoms with Crippen molar-refractivity contribution < 1.29 is 9.47 Å². The molecule has 0 unspecified atom stereocenters. The minimum Gasteiger partial charge on any atom is -0.496 e. The molecule has 0 aliphatic rings. The summed E-state index contributed by atoms with van der Waals surface area (Å²) in [5.41, 5.74) is 3.26. The number of aromatic nitrogens is 6. The van der Waals surface area contributed by atoms with Gasteiger partial charge in [0.2, 0.25) is 5.95 Å². The molecule has 0 saturated carbocycles. The molecular formula is C20H19N7O2. The highest BCUT2D eigenvalue weighted by Gasteiger charge is 2.15. The molecule has 2 heterocycles. The van der Waals surface area contributed by atoms with Crippen LogP contribution in [0.3, 0.4) is 0 Å². The van der Waals surface area contributed by atoms with Crippen molar-refractivity contribution in [1.82, 2.24) is 29.9 Å². The predicted molar refractivity (Wildman–Crippen MR) is 107 cm³/mol. The molecule has 0 atom stereocenters. The molecule has 9 heteroatoms. The number of nitrogens with one attached hydrogen (secondary N) is 1. The van der Waals surface area contributed by atoms with Gasteiger partial charge >= 0.3 is 0 Å². The number of para-hydroxylation sites is 1. The summed E-state index contributed by atoms with van der Waals surface area (Å²) in [4.78, 5) is 8.60. The van der Waals surface area contributed by atoms with E-state index in [2.05, 4.69) is 30.6 Å². The first kappa shape index (κ1) is 18.4. The van der Waals surface area contributed by atoms with Crippen LogP contribution in [0, 0.1) is 0 Å². The molecule has 0 aliphatic carbocycles. The fourth-order valence-electron chi connectivity index (χ4n) is 2.99. The van der Waals surface area contributed by atoms with Crippen LogP contribution in [0.1, 0.15) is 5.56 Å². The summed E-state index contributed by atoms with van der Waals surface area (Å²) in [5, 5.41) is 15.6. The second-order valence-electron chi connectivity index (χ2n) is 6.03. The minimum atomic E-state index is 0.392. The number of ether oxygens (including phenoxy) is 2. The van der Waals surface area contributed by atoms with E-state index in [1.807, 2.05) is 42.5 Å². The van der Waals surface area contributed by atoms with Gasteiger partial charge in [0.1, 0.15) is 29.8 Å². The van der Waals surface area contributed by atoms with E-state index in [4.69, 9.17) is 9.47 Å². The molecule has 0 bridgehead atoms. The Labute approximate surface area is 167 Å². The van der Waals surface area contributed by atoms with E-state index >= 15 is 0 Å². The van der Waals surface area contributed by atoms with Crippen LogP contribution < -0.4 is 14.8 Å². The lowest BCUT2D eigenvalue weighted by Crippen LogP contribution is -2.09. The van der Waals surface area contributed by atoms with Crippen LogP contribution in [-0.4, -0.2) is 44.2 Å². The second kappa shape index (κ2) is 8.34. The Balaban J connectivity index is 1.61. The molecule has 4 rings (SSSR count). The molecule has 0 radical (unpaired) electrons. The molecular weight excluding hydrogens is 370 g/mol. The Hall–Kier alpha value is -4.01. The monoisotopic (exact) mass is 389 g/mol. The first-order valence-electron chi connectivity index (χ1n) is 8.88. The molecule has 2 aromatic carbocycles. The van der Waals surface area contributed by atoms with Gasteiger partial charge in [-0.25, -0.2) is 14.6 Å². The molecule has 9 nitrogen and oxygen atoms in total. The van der Waals surface area contributed by atoms with Gasteiger partial charge < -0.3 is 14.8 Å². The molecule has 0 spiro atoms. The fraction of sp³-hybridized carbons (Fsp3) is 0.150. The standard InChI is InChI=1S/C20H19N7O2/c1-28-17-8-5-9-18(29-2)19(17)15-11-23-26-20(25-15)22-10-14-6-3-4-7-16(14)27-13-21-12-24-27/h3-9,11-13H,10H2,1-2H3,(H,22,25,26). The summed E-state index contributed by atoms with van der Waals surface area (Å²) in [7, 11) is 3.21. The molecule has 2 aromatic heterocycles. The first-order valence-corrected chi connectivity index (χ1v) is 8.88. The Bertz CT molecular complexity index is 1080. The Morgan fingerprint density at radius 3 is 2.52 bits per heavy atom. The molecule has 4 aromatic rings. The Kier molecular flexibility index (Phi) is 5.28. The van der Waals surface area contributed by atoms with Crippen molar-refractivity contribution in [3.8, 4) is 28.4 Å². The van der Waals surface area contributed by atoms with Gasteiger partial charge in [-0.05, 0) is 23.8 Å². The topological polar surface area (TPSA) is 99.9 Å². The van der Waals surface area contributed by atoms with Gasteiger partial charge in [-0.1, -0.05) is 24.3 Å². The van der Waals surface area contributed by atoms with Crippen molar-refractivity contribution in [2.24, 2.45) is 0 Å². The van der Waals surface area contributed by atoms with Gasteiger partial charge in [0, 0.05) is 6.54 Å². The maximum atomic E-state index is 5.46. The van der Waals surface area contributed by atoms with E-state index in [0.717, 1.165) is 16.8 Å². The van der Waals surface area contributed by atoms with Crippen LogP contribution in [0.4, 0.5) is 5.95 Å². The third-order valence-electron chi connectivity index (χ3n) is 4.34. The van der Waals surface area contributed by atoms with Gasteiger partial charge in [0.25, 0.3) is 0 Å². The van der Waals surface area contributed by atoms with Crippen LogP contribution >= 0.6 is 0 Å². The van der Waals surface area contributed by atoms with E-state index in [9.17, 15) is 0 Å². The third-order valence-corrected chi connectivity index (χ3v) is 4.34. The summed E-state index contributed by atoms with van der Waals surface area (Å²) in [6.07, 6.45) is 4.74. The number of hydrogen-bond donors (Lipinski definition) is 1. The van der Waals surface area contributed by atoms with Gasteiger partial charge in [-0.15, -0.1) is 5.10 Å². The summed E-state index contributed by atoms with van der Waals surface area (Å²) in [6.45, 7) is 0.490. The number of anilines is 1. The molecule has 0 fully saturated rings. The zero-order valence-electron chi connectivity index (χ0n) is 16.0. The normalized spacial score (nSPS) is 10.6. The molecule has 0 amide bonds. The number of nitrogens with zero attached hydrogens (tertiary/aromatic N) is 6. The number of rotatable bonds is 7. The maximum Gasteiger partial charge on any atom is 0.243 e. The zero-order chi connectivity index (χ0) is 20.1. The molecule has 0 aliphatic heterocycles. The fourth-order valence-corrected chi connectivity index (χ4v) is 2.99. The lowest BCUT2D eigenvalue weighted by Gasteiger charge is -2.13. The van der Waals surface area contributed by atoms with E-state index < -0.39 is 0 Å².